The SMILES string of the molecule is C#CC(C)(C)Nc1ncc(C(=O)OCC)c(C)n1. The molecule has 1 rings (SSSR count). The number of hydrogen-bond acceptors (Lipinski definition) is 5. The monoisotopic (exact) mass is 247 g/mol. The van der Waals surface area contributed by atoms with E-state index in [1.54, 1.807) is 13.8 Å². The molecule has 0 bridgehead atoms. The minimum absolute atomic E-state index is 0.322. The lowest BCUT2D eigenvalue weighted by Gasteiger charge is -2.19. The van der Waals surface area contributed by atoms with Crippen LogP contribution in [0.25, 0.3) is 0 Å². The Hall–Kier alpha value is -2.09. The molecule has 1 N–H and O–H groups in total. The summed E-state index contributed by atoms with van der Waals surface area (Å²) in [5.74, 6) is 2.56. The summed E-state index contributed by atoms with van der Waals surface area (Å²) >= 11 is 0. The highest BCUT2D eigenvalue weighted by Gasteiger charge is 2.17. The summed E-state index contributed by atoms with van der Waals surface area (Å²) in [6, 6.07) is 0. The first kappa shape index (κ1) is 14.0. The van der Waals surface area contributed by atoms with E-state index in [-0.39, 0.29) is 0 Å². The highest BCUT2D eigenvalue weighted by atomic mass is 16.5. The third-order valence-corrected chi connectivity index (χ3v) is 2.26. The van der Waals surface area contributed by atoms with Crippen LogP contribution in [0.3, 0.4) is 0 Å². The van der Waals surface area contributed by atoms with E-state index in [9.17, 15) is 4.79 Å². The number of esters is 1. The van der Waals surface area contributed by atoms with Gasteiger partial charge >= 0.3 is 5.97 Å². The molecule has 5 nitrogen and oxygen atoms in total. The van der Waals surface area contributed by atoms with Gasteiger partial charge in [-0.25, -0.2) is 14.8 Å². The molecule has 0 aromatic carbocycles. The van der Waals surface area contributed by atoms with Crippen molar-refractivity contribution in [3.05, 3.63) is 17.5 Å². The van der Waals surface area contributed by atoms with E-state index in [4.69, 9.17) is 11.2 Å². The first-order chi connectivity index (χ1) is 8.39. The topological polar surface area (TPSA) is 64.1 Å². The van der Waals surface area contributed by atoms with Gasteiger partial charge in [0.25, 0.3) is 0 Å². The number of aryl methyl sites for hydroxylation is 1. The van der Waals surface area contributed by atoms with Crippen molar-refractivity contribution in [2.75, 3.05) is 11.9 Å². The molecule has 18 heavy (non-hydrogen) atoms. The van der Waals surface area contributed by atoms with Gasteiger partial charge in [-0.1, -0.05) is 5.92 Å². The van der Waals surface area contributed by atoms with Gasteiger partial charge in [-0.05, 0) is 27.7 Å². The average molecular weight is 247 g/mol. The van der Waals surface area contributed by atoms with E-state index in [2.05, 4.69) is 21.2 Å². The molecule has 0 saturated heterocycles. The predicted octanol–water partition coefficient (Wildman–Crippen LogP) is 1.79. The van der Waals surface area contributed by atoms with Gasteiger partial charge in [-0.2, -0.15) is 0 Å². The van der Waals surface area contributed by atoms with Crippen molar-refractivity contribution in [1.82, 2.24) is 9.97 Å². The molecule has 1 heterocycles. The van der Waals surface area contributed by atoms with Crippen molar-refractivity contribution in [3.8, 4) is 12.3 Å². The number of anilines is 1. The van der Waals surface area contributed by atoms with E-state index >= 15 is 0 Å². The minimum atomic E-state index is -0.544. The van der Waals surface area contributed by atoms with Crippen LogP contribution in [0.4, 0.5) is 5.95 Å². The molecule has 1 aromatic heterocycles. The highest BCUT2D eigenvalue weighted by molar-refractivity contribution is 5.90. The molecule has 0 amide bonds. The fraction of sp³-hybridized carbons (Fsp3) is 0.462. The lowest BCUT2D eigenvalue weighted by Crippen LogP contribution is -2.29. The largest absolute Gasteiger partial charge is 0.462 e. The molecular weight excluding hydrogens is 230 g/mol. The lowest BCUT2D eigenvalue weighted by atomic mass is 10.1. The van der Waals surface area contributed by atoms with Crippen molar-refractivity contribution in [3.63, 3.8) is 0 Å². The molecule has 0 radical (unpaired) electrons. The van der Waals surface area contributed by atoms with Gasteiger partial charge in [0.1, 0.15) is 0 Å². The van der Waals surface area contributed by atoms with Crippen LogP contribution in [-0.2, 0) is 4.74 Å². The maximum atomic E-state index is 11.6. The second-order valence-electron chi connectivity index (χ2n) is 4.31. The number of nitrogens with zero attached hydrogens (tertiary/aromatic N) is 2. The number of carbonyl (C=O) groups is 1. The predicted molar refractivity (Wildman–Crippen MR) is 69.3 cm³/mol. The Morgan fingerprint density at radius 2 is 2.28 bits per heavy atom. The van der Waals surface area contributed by atoms with Crippen molar-refractivity contribution in [2.24, 2.45) is 0 Å². The van der Waals surface area contributed by atoms with Crippen molar-refractivity contribution in [2.45, 2.75) is 33.2 Å². The third-order valence-electron chi connectivity index (χ3n) is 2.26. The van der Waals surface area contributed by atoms with Gasteiger partial charge < -0.3 is 10.1 Å². The van der Waals surface area contributed by atoms with Crippen molar-refractivity contribution in [1.29, 1.82) is 0 Å². The van der Waals surface area contributed by atoms with Crippen molar-refractivity contribution < 1.29 is 9.53 Å². The molecule has 1 aromatic rings. The van der Waals surface area contributed by atoms with E-state index in [1.165, 1.54) is 6.20 Å². The van der Waals surface area contributed by atoms with Gasteiger partial charge in [0.15, 0.2) is 0 Å². The molecule has 0 aliphatic rings. The summed E-state index contributed by atoms with van der Waals surface area (Å²) in [4.78, 5) is 19.8. The summed E-state index contributed by atoms with van der Waals surface area (Å²) < 4.78 is 4.90. The number of nitrogens with one attached hydrogen (secondary N) is 1. The van der Waals surface area contributed by atoms with Gasteiger partial charge in [-0.3, -0.25) is 0 Å². The Kier molecular flexibility index (Phi) is 4.27. The fourth-order valence-corrected chi connectivity index (χ4v) is 1.25. The number of hydrogen-bond donors (Lipinski definition) is 1. The van der Waals surface area contributed by atoms with Crippen LogP contribution >= 0.6 is 0 Å². The lowest BCUT2D eigenvalue weighted by molar-refractivity contribution is 0.0524. The van der Waals surface area contributed by atoms with Crippen LogP contribution in [-0.4, -0.2) is 28.1 Å². The Morgan fingerprint density at radius 1 is 1.61 bits per heavy atom. The Morgan fingerprint density at radius 3 is 2.78 bits per heavy atom. The molecule has 0 atom stereocenters. The quantitative estimate of drug-likeness (QED) is 0.649. The van der Waals surface area contributed by atoms with Crippen LogP contribution in [0.1, 0.15) is 36.8 Å². The van der Waals surface area contributed by atoms with E-state index < -0.39 is 11.5 Å². The van der Waals surface area contributed by atoms with Gasteiger partial charge in [0.2, 0.25) is 5.95 Å². The molecule has 0 fully saturated rings. The number of ether oxygens (including phenoxy) is 1. The molecular formula is C13H17N3O2. The van der Waals surface area contributed by atoms with E-state index in [0.717, 1.165) is 0 Å². The second kappa shape index (κ2) is 5.50. The first-order valence-electron chi connectivity index (χ1n) is 5.66. The maximum Gasteiger partial charge on any atom is 0.341 e. The summed E-state index contributed by atoms with van der Waals surface area (Å²) in [6.07, 6.45) is 6.81. The molecule has 0 saturated carbocycles. The van der Waals surface area contributed by atoms with Crippen LogP contribution < -0.4 is 5.32 Å². The molecule has 0 aliphatic heterocycles. The molecule has 0 spiro atoms. The smallest absolute Gasteiger partial charge is 0.341 e. The maximum absolute atomic E-state index is 11.6. The Balaban J connectivity index is 2.93. The highest BCUT2D eigenvalue weighted by Crippen LogP contribution is 2.12. The first-order valence-corrected chi connectivity index (χ1v) is 5.66. The zero-order chi connectivity index (χ0) is 13.8. The standard InChI is InChI=1S/C13H17N3O2/c1-6-13(4,5)16-12-14-8-10(9(3)15-12)11(17)18-7-2/h1,8H,7H2,2-5H3,(H,14,15,16). The minimum Gasteiger partial charge on any atom is -0.462 e. The zero-order valence-electron chi connectivity index (χ0n) is 11.1. The van der Waals surface area contributed by atoms with E-state index in [1.807, 2.05) is 13.8 Å². The Labute approximate surface area is 107 Å². The molecule has 5 heteroatoms. The van der Waals surface area contributed by atoms with Crippen LogP contribution in [0.15, 0.2) is 6.20 Å². The average Bonchev–Trinajstić information content (AvgIpc) is 2.29. The second-order valence-corrected chi connectivity index (χ2v) is 4.31. The third kappa shape index (κ3) is 3.45. The van der Waals surface area contributed by atoms with Gasteiger partial charge in [0, 0.05) is 6.20 Å². The summed E-state index contributed by atoms with van der Waals surface area (Å²) in [7, 11) is 0. The van der Waals surface area contributed by atoms with Crippen LogP contribution in [0.5, 0.6) is 0 Å². The van der Waals surface area contributed by atoms with Crippen LogP contribution in [0, 0.1) is 19.3 Å². The normalized spacial score (nSPS) is 10.6. The molecule has 0 aliphatic carbocycles. The molecule has 96 valence electrons. The van der Waals surface area contributed by atoms with E-state index in [0.29, 0.717) is 23.8 Å². The number of rotatable bonds is 4. The fourth-order valence-electron chi connectivity index (χ4n) is 1.25. The van der Waals surface area contributed by atoms with Gasteiger partial charge in [-0.15, -0.1) is 6.42 Å². The number of terminal acetylenes is 1. The zero-order valence-corrected chi connectivity index (χ0v) is 11.1. The van der Waals surface area contributed by atoms with Crippen LogP contribution in [0.2, 0.25) is 0 Å². The van der Waals surface area contributed by atoms with Crippen molar-refractivity contribution >= 4 is 11.9 Å². The molecule has 0 unspecified atom stereocenters. The number of aromatic nitrogens is 2. The Bertz CT molecular complexity index is 489. The van der Waals surface area contributed by atoms with Gasteiger partial charge in [0.05, 0.1) is 23.4 Å². The number of carbonyl (C=O) groups excluding carboxylic acids is 1. The summed E-state index contributed by atoms with van der Waals surface area (Å²) in [5.41, 5.74) is 0.373. The summed E-state index contributed by atoms with van der Waals surface area (Å²) in [6.45, 7) is 7.47. The summed E-state index contributed by atoms with van der Waals surface area (Å²) in [5, 5.41) is 3.00.